The van der Waals surface area contributed by atoms with E-state index in [2.05, 4.69) is 0 Å². The summed E-state index contributed by atoms with van der Waals surface area (Å²) in [6.07, 6.45) is 0. The Balaban J connectivity index is 0.00000180. The summed E-state index contributed by atoms with van der Waals surface area (Å²) in [6.45, 7) is 2.60. The van der Waals surface area contributed by atoms with Crippen LogP contribution in [0.2, 0.25) is 0 Å². The fourth-order valence-electron chi connectivity index (χ4n) is 1.55. The van der Waals surface area contributed by atoms with Crippen molar-refractivity contribution in [2.24, 2.45) is 0 Å². The molecule has 0 aromatic heterocycles. The van der Waals surface area contributed by atoms with E-state index >= 15 is 0 Å². The second kappa shape index (κ2) is 8.18. The van der Waals surface area contributed by atoms with E-state index in [4.69, 9.17) is 4.74 Å². The number of carbonyl (C=O) groups excluding carboxylic acids is 1. The van der Waals surface area contributed by atoms with Crippen LogP contribution in [0.3, 0.4) is 0 Å². The van der Waals surface area contributed by atoms with Gasteiger partial charge in [0.1, 0.15) is 5.75 Å². The van der Waals surface area contributed by atoms with Gasteiger partial charge in [-0.3, -0.25) is 0 Å². The zero-order valence-electron chi connectivity index (χ0n) is 11.2. The molecule has 0 bridgehead atoms. The summed E-state index contributed by atoms with van der Waals surface area (Å²) in [4.78, 5) is 12.0. The van der Waals surface area contributed by atoms with Crippen LogP contribution in [0.1, 0.15) is 17.3 Å². The quantitative estimate of drug-likeness (QED) is 0.580. The van der Waals surface area contributed by atoms with Crippen LogP contribution in [0.5, 0.6) is 5.75 Å². The molecule has 4 heteroatoms. The molecular formula is C15H14LiO2P. The van der Waals surface area contributed by atoms with E-state index in [9.17, 15) is 4.79 Å². The number of hydrogen-bond acceptors (Lipinski definition) is 2. The zero-order valence-corrected chi connectivity index (χ0v) is 12.1. The van der Waals surface area contributed by atoms with Gasteiger partial charge in [0, 0.05) is 5.52 Å². The molecular weight excluding hydrogens is 250 g/mol. The Labute approximate surface area is 127 Å². The maximum absolute atomic E-state index is 12.0. The fraction of sp³-hybridized carbons (Fsp3) is 0.133. The van der Waals surface area contributed by atoms with Crippen molar-refractivity contribution in [1.82, 2.24) is 0 Å². The number of hydrogen-bond donors (Lipinski definition) is 0. The maximum atomic E-state index is 12.0. The molecule has 0 N–H and O–H groups in total. The van der Waals surface area contributed by atoms with Crippen molar-refractivity contribution in [3.63, 3.8) is 0 Å². The molecule has 0 amide bonds. The summed E-state index contributed by atoms with van der Waals surface area (Å²) in [7, 11) is 0.694. The Morgan fingerprint density at radius 3 is 2.26 bits per heavy atom. The van der Waals surface area contributed by atoms with Crippen molar-refractivity contribution < 1.29 is 28.4 Å². The van der Waals surface area contributed by atoms with Crippen molar-refractivity contribution in [1.29, 1.82) is 0 Å². The minimum Gasteiger partial charge on any atom is -0.494 e. The first-order chi connectivity index (χ1) is 8.79. The second-order valence-electron chi connectivity index (χ2n) is 3.71. The third-order valence-corrected chi connectivity index (χ3v) is 3.42. The van der Waals surface area contributed by atoms with Crippen LogP contribution in [-0.4, -0.2) is 12.1 Å². The molecule has 0 fully saturated rings. The van der Waals surface area contributed by atoms with E-state index in [0.717, 1.165) is 16.6 Å². The molecule has 0 unspecified atom stereocenters. The molecule has 0 radical (unpaired) electrons. The molecule has 2 nitrogen and oxygen atoms in total. The van der Waals surface area contributed by atoms with Crippen molar-refractivity contribution in [3.8, 4) is 5.75 Å². The summed E-state index contributed by atoms with van der Waals surface area (Å²) in [6, 6.07) is 17.0. The van der Waals surface area contributed by atoms with Gasteiger partial charge in [-0.2, -0.15) is 5.30 Å². The van der Waals surface area contributed by atoms with Gasteiger partial charge in [-0.15, -0.1) is 0 Å². The van der Waals surface area contributed by atoms with E-state index < -0.39 is 0 Å². The van der Waals surface area contributed by atoms with Gasteiger partial charge in [-0.05, 0) is 24.6 Å². The van der Waals surface area contributed by atoms with Crippen LogP contribution in [0.4, 0.5) is 0 Å². The molecule has 92 valence electrons. The van der Waals surface area contributed by atoms with E-state index in [1.54, 1.807) is 0 Å². The predicted molar refractivity (Wildman–Crippen MR) is 74.9 cm³/mol. The molecule has 0 heterocycles. The van der Waals surface area contributed by atoms with Crippen molar-refractivity contribution in [3.05, 3.63) is 60.2 Å². The van der Waals surface area contributed by atoms with Gasteiger partial charge in [0.2, 0.25) is 0 Å². The van der Waals surface area contributed by atoms with Crippen LogP contribution >= 0.6 is 8.58 Å². The van der Waals surface area contributed by atoms with Crippen LogP contribution in [0.15, 0.2) is 54.6 Å². The minimum atomic E-state index is 0. The summed E-state index contributed by atoms with van der Waals surface area (Å²) < 4.78 is 5.36. The molecule has 0 saturated heterocycles. The van der Waals surface area contributed by atoms with E-state index in [0.29, 0.717) is 15.2 Å². The Bertz CT molecular complexity index is 511. The van der Waals surface area contributed by atoms with Crippen LogP contribution < -0.4 is 28.9 Å². The number of ether oxygens (including phenoxy) is 1. The number of benzene rings is 2. The molecule has 2 rings (SSSR count). The summed E-state index contributed by atoms with van der Waals surface area (Å²) >= 11 is 0. The zero-order chi connectivity index (χ0) is 12.8. The summed E-state index contributed by atoms with van der Waals surface area (Å²) in [5, 5.41) is 0.979. The van der Waals surface area contributed by atoms with Gasteiger partial charge >= 0.3 is 18.9 Å². The molecule has 2 aromatic carbocycles. The monoisotopic (exact) mass is 264 g/mol. The third kappa shape index (κ3) is 4.84. The first kappa shape index (κ1) is 16.0. The molecule has 2 aromatic rings. The largest absolute Gasteiger partial charge is 1.00 e. The summed E-state index contributed by atoms with van der Waals surface area (Å²) in [5.74, 6) is 0.837. The van der Waals surface area contributed by atoms with E-state index in [1.807, 2.05) is 61.5 Å². The Kier molecular flexibility index (Phi) is 6.88. The average Bonchev–Trinajstić information content (AvgIpc) is 2.42. The smallest absolute Gasteiger partial charge is 0.494 e. The molecule has 0 aliphatic carbocycles. The fourth-order valence-corrected chi connectivity index (χ4v) is 2.36. The standard InChI is InChI=1S/C15H14O2P.Li/c1-2-17-13-8-10-14(11-9-13)18-15(16)12-6-4-3-5-7-12;/h3-11H,2H2,1H3;/q-1;+1. The molecule has 0 saturated carbocycles. The van der Waals surface area contributed by atoms with E-state index in [1.165, 1.54) is 0 Å². The predicted octanol–water partition coefficient (Wildman–Crippen LogP) is 0.501. The first-order valence-electron chi connectivity index (χ1n) is 5.83. The van der Waals surface area contributed by atoms with Crippen LogP contribution in [0, 0.1) is 0 Å². The number of carbonyl (C=O) groups is 1. The molecule has 0 atom stereocenters. The maximum Gasteiger partial charge on any atom is 1.00 e. The molecule has 0 aliphatic rings. The molecule has 19 heavy (non-hydrogen) atoms. The topological polar surface area (TPSA) is 26.3 Å². The number of rotatable bonds is 5. The van der Waals surface area contributed by atoms with Crippen molar-refractivity contribution in [2.75, 3.05) is 6.61 Å². The van der Waals surface area contributed by atoms with Crippen molar-refractivity contribution in [2.45, 2.75) is 6.92 Å². The SMILES string of the molecule is CCOc1ccc([P-]C(=O)c2ccccc2)cc1.[Li+]. The first-order valence-corrected chi connectivity index (χ1v) is 6.73. The van der Waals surface area contributed by atoms with Crippen LogP contribution in [0.25, 0.3) is 0 Å². The van der Waals surface area contributed by atoms with Gasteiger partial charge in [0.15, 0.2) is 0 Å². The van der Waals surface area contributed by atoms with Gasteiger partial charge in [-0.25, -0.2) is 0 Å². The van der Waals surface area contributed by atoms with Gasteiger partial charge in [0.05, 0.1) is 6.61 Å². The molecule has 0 spiro atoms. The Hall–Kier alpha value is -1.06. The van der Waals surface area contributed by atoms with Crippen molar-refractivity contribution >= 4 is 19.4 Å². The minimum absolute atomic E-state index is 0. The van der Waals surface area contributed by atoms with E-state index in [-0.39, 0.29) is 24.4 Å². The summed E-state index contributed by atoms with van der Waals surface area (Å²) in [5.41, 5.74) is 0.854. The normalized spacial score (nSPS) is 10.2. The third-order valence-electron chi connectivity index (χ3n) is 2.40. The average molecular weight is 264 g/mol. The van der Waals surface area contributed by atoms with Gasteiger partial charge in [-0.1, -0.05) is 42.5 Å². The molecule has 0 aliphatic heterocycles. The second-order valence-corrected chi connectivity index (χ2v) is 4.86. The Morgan fingerprint density at radius 2 is 1.68 bits per heavy atom. The van der Waals surface area contributed by atoms with Crippen LogP contribution in [-0.2, 0) is 0 Å². The Morgan fingerprint density at radius 1 is 1.05 bits per heavy atom. The van der Waals surface area contributed by atoms with Gasteiger partial charge in [0.25, 0.3) is 0 Å². The van der Waals surface area contributed by atoms with Gasteiger partial charge < -0.3 is 18.1 Å².